The van der Waals surface area contributed by atoms with Crippen LogP contribution in [0.3, 0.4) is 0 Å². The van der Waals surface area contributed by atoms with Gasteiger partial charge in [0.2, 0.25) is 17.2 Å². The Morgan fingerprint density at radius 2 is 1.82 bits per heavy atom. The lowest BCUT2D eigenvalue weighted by atomic mass is 9.97. The third kappa shape index (κ3) is 3.49. The highest BCUT2D eigenvalue weighted by atomic mass is 16.6. The van der Waals surface area contributed by atoms with E-state index in [9.17, 15) is 4.79 Å². The Bertz CT molecular complexity index is 848. The summed E-state index contributed by atoms with van der Waals surface area (Å²) in [5.74, 6) is 2.39. The summed E-state index contributed by atoms with van der Waals surface area (Å²) < 4.78 is 4.84. The number of carbonyl (C=O) groups is 1. The molecule has 2 aromatic rings. The first-order chi connectivity index (χ1) is 13.8. The van der Waals surface area contributed by atoms with E-state index in [-0.39, 0.29) is 0 Å². The number of fused-ring (bicyclic) bond motifs is 1. The normalized spacial score (nSPS) is 23.9. The number of hydrogen-bond acceptors (Lipinski definition) is 8. The predicted octanol–water partition coefficient (Wildman–Crippen LogP) is 2.21. The average molecular weight is 385 g/mol. The smallest absolute Gasteiger partial charge is 0.245 e. The second-order valence-electron chi connectivity index (χ2n) is 8.33. The largest absolute Gasteiger partial charge is 0.364 e. The Morgan fingerprint density at radius 3 is 2.61 bits per heavy atom. The zero-order chi connectivity index (χ0) is 18.9. The van der Waals surface area contributed by atoms with E-state index < -0.39 is 0 Å². The minimum atomic E-state index is 0.301. The van der Waals surface area contributed by atoms with Crippen LogP contribution in [0.1, 0.15) is 51.4 Å². The first-order valence-corrected chi connectivity index (χ1v) is 10.6. The van der Waals surface area contributed by atoms with Crippen molar-refractivity contribution in [2.75, 3.05) is 36.4 Å². The molecule has 1 amide bonds. The summed E-state index contributed by atoms with van der Waals surface area (Å²) >= 11 is 0. The van der Waals surface area contributed by atoms with Gasteiger partial charge in [-0.05, 0) is 48.3 Å². The van der Waals surface area contributed by atoms with Crippen LogP contribution < -0.4 is 10.2 Å². The highest BCUT2D eigenvalue weighted by Crippen LogP contribution is 2.31. The fourth-order valence-corrected chi connectivity index (χ4v) is 4.83. The van der Waals surface area contributed by atoms with Crippen molar-refractivity contribution in [3.8, 4) is 0 Å². The van der Waals surface area contributed by atoms with Crippen LogP contribution in [0.4, 0.5) is 11.6 Å². The molecule has 0 radical (unpaired) electrons. The molecule has 5 rings (SSSR count). The molecule has 0 spiro atoms. The number of piperidine rings is 1. The maximum absolute atomic E-state index is 12.0. The van der Waals surface area contributed by atoms with E-state index in [0.29, 0.717) is 35.6 Å². The highest BCUT2D eigenvalue weighted by molar-refractivity contribution is 5.78. The van der Waals surface area contributed by atoms with E-state index in [4.69, 9.17) is 9.61 Å². The molecule has 2 saturated heterocycles. The summed E-state index contributed by atoms with van der Waals surface area (Å²) in [7, 11) is 0. The lowest BCUT2D eigenvalue weighted by molar-refractivity contribution is -0.128. The topological polar surface area (TPSA) is 100 Å². The molecule has 1 atom stereocenters. The van der Waals surface area contributed by atoms with Gasteiger partial charge in [-0.2, -0.15) is 0 Å². The van der Waals surface area contributed by atoms with E-state index in [1.807, 2.05) is 4.90 Å². The number of rotatable bonds is 5. The number of hydrogen-bond donors (Lipinski definition) is 1. The lowest BCUT2D eigenvalue weighted by Gasteiger charge is -2.36. The molecular weight excluding hydrogens is 358 g/mol. The second-order valence-corrected chi connectivity index (χ2v) is 8.33. The zero-order valence-electron chi connectivity index (χ0n) is 16.1. The van der Waals surface area contributed by atoms with Gasteiger partial charge in [0.25, 0.3) is 0 Å². The van der Waals surface area contributed by atoms with Crippen LogP contribution in [-0.2, 0) is 4.79 Å². The van der Waals surface area contributed by atoms with E-state index in [1.54, 1.807) is 0 Å². The molecule has 3 aliphatic rings. The summed E-state index contributed by atoms with van der Waals surface area (Å²) in [6, 6.07) is 0.438. The first-order valence-electron chi connectivity index (χ1n) is 10.6. The molecule has 1 aliphatic carbocycles. The van der Waals surface area contributed by atoms with Crippen molar-refractivity contribution in [1.82, 2.24) is 25.2 Å². The molecule has 150 valence electrons. The Hall–Kier alpha value is -2.45. The van der Waals surface area contributed by atoms with Crippen LogP contribution in [0.15, 0.2) is 4.63 Å². The molecule has 0 bridgehead atoms. The van der Waals surface area contributed by atoms with Crippen LogP contribution in [0.25, 0.3) is 11.3 Å². The zero-order valence-corrected chi connectivity index (χ0v) is 16.1. The first kappa shape index (κ1) is 17.6. The van der Waals surface area contributed by atoms with Gasteiger partial charge in [0.05, 0.1) is 0 Å². The summed E-state index contributed by atoms with van der Waals surface area (Å²) in [6.07, 6.45) is 8.76. The molecule has 9 nitrogen and oxygen atoms in total. The number of likely N-dealkylation sites (tertiary alicyclic amines) is 1. The molecule has 1 N–H and O–H groups in total. The van der Waals surface area contributed by atoms with Gasteiger partial charge in [-0.3, -0.25) is 4.79 Å². The van der Waals surface area contributed by atoms with Crippen molar-refractivity contribution in [1.29, 1.82) is 0 Å². The Morgan fingerprint density at radius 1 is 1.00 bits per heavy atom. The van der Waals surface area contributed by atoms with E-state index in [1.165, 1.54) is 12.8 Å². The van der Waals surface area contributed by atoms with Crippen LogP contribution >= 0.6 is 0 Å². The monoisotopic (exact) mass is 385 g/mol. The molecule has 3 fully saturated rings. The van der Waals surface area contributed by atoms with Gasteiger partial charge < -0.3 is 15.1 Å². The van der Waals surface area contributed by atoms with Gasteiger partial charge >= 0.3 is 0 Å². The van der Waals surface area contributed by atoms with Crippen molar-refractivity contribution >= 4 is 28.8 Å². The maximum Gasteiger partial charge on any atom is 0.245 e. The number of anilines is 2. The maximum atomic E-state index is 12.0. The predicted molar refractivity (Wildman–Crippen MR) is 104 cm³/mol. The minimum absolute atomic E-state index is 0.301. The third-order valence-electron chi connectivity index (χ3n) is 6.26. The Kier molecular flexibility index (Phi) is 4.74. The van der Waals surface area contributed by atoms with Crippen molar-refractivity contribution in [3.05, 3.63) is 0 Å². The number of aromatic nitrogens is 4. The van der Waals surface area contributed by atoms with Crippen LogP contribution in [0, 0.1) is 5.92 Å². The molecular formula is C19H27N7O2. The fourth-order valence-electron chi connectivity index (χ4n) is 4.83. The summed E-state index contributed by atoms with van der Waals surface area (Å²) in [5, 5.41) is 11.4. The van der Waals surface area contributed by atoms with Crippen molar-refractivity contribution in [2.45, 2.75) is 57.4 Å². The number of nitrogens with zero attached hydrogens (tertiary/aromatic N) is 6. The van der Waals surface area contributed by atoms with Gasteiger partial charge in [-0.1, -0.05) is 12.8 Å². The van der Waals surface area contributed by atoms with Gasteiger partial charge in [0, 0.05) is 38.6 Å². The SMILES string of the molecule is O=C1CCCN1CC1CCCN(c2nc3nonc3nc2NC2CCCC2)C1. The minimum Gasteiger partial charge on any atom is -0.364 e. The second kappa shape index (κ2) is 7.52. The van der Waals surface area contributed by atoms with Crippen molar-refractivity contribution in [3.63, 3.8) is 0 Å². The molecule has 1 unspecified atom stereocenters. The third-order valence-corrected chi connectivity index (χ3v) is 6.26. The Balaban J connectivity index is 1.37. The molecule has 0 aromatic carbocycles. The van der Waals surface area contributed by atoms with Crippen LogP contribution in [0.2, 0.25) is 0 Å². The molecule has 2 aliphatic heterocycles. The number of amides is 1. The highest BCUT2D eigenvalue weighted by Gasteiger charge is 2.29. The lowest BCUT2D eigenvalue weighted by Crippen LogP contribution is -2.42. The molecule has 9 heteroatoms. The van der Waals surface area contributed by atoms with Gasteiger partial charge in [-0.25, -0.2) is 14.6 Å². The van der Waals surface area contributed by atoms with Gasteiger partial charge in [0.15, 0.2) is 11.6 Å². The number of carbonyl (C=O) groups excluding carboxylic acids is 1. The van der Waals surface area contributed by atoms with E-state index in [0.717, 1.165) is 69.9 Å². The molecule has 2 aromatic heterocycles. The number of nitrogens with one attached hydrogen (secondary N) is 1. The molecule has 28 heavy (non-hydrogen) atoms. The van der Waals surface area contributed by atoms with Gasteiger partial charge in [0.1, 0.15) is 0 Å². The average Bonchev–Trinajstić information content (AvgIpc) is 3.45. The molecule has 1 saturated carbocycles. The van der Waals surface area contributed by atoms with Crippen LogP contribution in [-0.4, -0.2) is 63.3 Å². The van der Waals surface area contributed by atoms with Crippen molar-refractivity contribution < 1.29 is 9.42 Å². The molecule has 4 heterocycles. The van der Waals surface area contributed by atoms with Crippen LogP contribution in [0.5, 0.6) is 0 Å². The summed E-state index contributed by atoms with van der Waals surface area (Å²) in [5.41, 5.74) is 0.893. The summed E-state index contributed by atoms with van der Waals surface area (Å²) in [6.45, 7) is 3.58. The van der Waals surface area contributed by atoms with Gasteiger partial charge in [-0.15, -0.1) is 0 Å². The standard InChI is InChI=1S/C19H27N7O2/c27-15-8-4-9-25(15)11-13-5-3-10-26(12-13)19-18(20-14-6-1-2-7-14)21-16-17(22-19)24-28-23-16/h13-14H,1-12H2,(H,20,21,23). The fraction of sp³-hybridized carbons (Fsp3) is 0.737. The quantitative estimate of drug-likeness (QED) is 0.836. The van der Waals surface area contributed by atoms with Crippen molar-refractivity contribution in [2.24, 2.45) is 5.92 Å². The Labute approximate surface area is 163 Å². The van der Waals surface area contributed by atoms with E-state index in [2.05, 4.69) is 25.5 Å². The summed E-state index contributed by atoms with van der Waals surface area (Å²) in [4.78, 5) is 25.7. The van der Waals surface area contributed by atoms with E-state index >= 15 is 0 Å².